The summed E-state index contributed by atoms with van der Waals surface area (Å²) in [7, 11) is -3.99. The molecule has 33 heavy (non-hydrogen) atoms. The minimum atomic E-state index is -3.99. The zero-order chi connectivity index (χ0) is 23.6. The zero-order valence-corrected chi connectivity index (χ0v) is 19.7. The number of carboxylic acid groups (broad SMARTS) is 1. The van der Waals surface area contributed by atoms with Crippen molar-refractivity contribution in [2.45, 2.75) is 43.9 Å². The van der Waals surface area contributed by atoms with Gasteiger partial charge in [-0.25, -0.2) is 17.9 Å². The van der Waals surface area contributed by atoms with Gasteiger partial charge in [0.15, 0.2) is 0 Å². The van der Waals surface area contributed by atoms with Crippen molar-refractivity contribution in [1.82, 2.24) is 9.10 Å². The molecule has 0 bridgehead atoms. The van der Waals surface area contributed by atoms with Crippen LogP contribution in [-0.4, -0.2) is 29.8 Å². The molecule has 1 aromatic heterocycles. The highest BCUT2D eigenvalue weighted by atomic mass is 32.2. The van der Waals surface area contributed by atoms with Crippen molar-refractivity contribution in [1.29, 1.82) is 0 Å². The largest absolute Gasteiger partial charge is 0.477 e. The summed E-state index contributed by atoms with van der Waals surface area (Å²) in [5, 5.41) is 9.51. The van der Waals surface area contributed by atoms with Gasteiger partial charge in [0.1, 0.15) is 4.88 Å². The van der Waals surface area contributed by atoms with Crippen molar-refractivity contribution in [2.75, 3.05) is 0 Å². The van der Waals surface area contributed by atoms with Gasteiger partial charge in [-0.3, -0.25) is 4.79 Å². The van der Waals surface area contributed by atoms with E-state index in [1.807, 2.05) is 31.2 Å². The number of carboxylic acids is 1. The van der Waals surface area contributed by atoms with Gasteiger partial charge in [0.05, 0.1) is 10.6 Å². The smallest absolute Gasteiger partial charge is 0.347 e. The Balaban J connectivity index is 1.61. The first-order valence-electron chi connectivity index (χ1n) is 10.8. The lowest BCUT2D eigenvalue weighted by molar-refractivity contribution is -0.120. The number of nitrogens with one attached hydrogen (secondary N) is 1. The van der Waals surface area contributed by atoms with Crippen LogP contribution in [0.1, 0.15) is 52.7 Å². The third-order valence-corrected chi connectivity index (χ3v) is 7.88. The van der Waals surface area contributed by atoms with E-state index in [1.165, 1.54) is 6.07 Å². The molecule has 0 saturated heterocycles. The SMILES string of the molecule is CCCc1nsc(C(=O)O)c1Cc1ccc(-c2ccccc2S(=O)(=O)NC(=O)C2CC2)cc1. The van der Waals surface area contributed by atoms with Gasteiger partial charge in [-0.2, -0.15) is 4.37 Å². The summed E-state index contributed by atoms with van der Waals surface area (Å²) in [6.07, 6.45) is 3.46. The number of aromatic carboxylic acids is 1. The van der Waals surface area contributed by atoms with E-state index in [9.17, 15) is 23.1 Å². The van der Waals surface area contributed by atoms with E-state index in [0.29, 0.717) is 30.4 Å². The standard InChI is InChI=1S/C24H24N2O5S2/c1-2-5-20-19(22(24(28)29)32-25-20)14-15-8-10-16(11-9-15)18-6-3-4-7-21(18)33(30,31)26-23(27)17-12-13-17/h3-4,6-11,17H,2,5,12-14H2,1H3,(H,26,27)(H,28,29). The summed E-state index contributed by atoms with van der Waals surface area (Å²) in [6.45, 7) is 2.02. The number of hydrogen-bond acceptors (Lipinski definition) is 6. The van der Waals surface area contributed by atoms with Crippen LogP contribution in [-0.2, 0) is 27.7 Å². The topological polar surface area (TPSA) is 113 Å². The van der Waals surface area contributed by atoms with Crippen LogP contribution in [0.5, 0.6) is 0 Å². The number of hydrogen-bond donors (Lipinski definition) is 2. The molecule has 1 amide bonds. The lowest BCUT2D eigenvalue weighted by Crippen LogP contribution is -2.32. The number of sulfonamides is 1. The van der Waals surface area contributed by atoms with Crippen LogP contribution in [0.15, 0.2) is 53.4 Å². The van der Waals surface area contributed by atoms with Crippen molar-refractivity contribution in [2.24, 2.45) is 5.92 Å². The molecule has 0 radical (unpaired) electrons. The minimum absolute atomic E-state index is 0.0483. The van der Waals surface area contributed by atoms with Crippen LogP contribution in [0.3, 0.4) is 0 Å². The number of carbonyl (C=O) groups is 2. The molecule has 0 unspecified atom stereocenters. The van der Waals surface area contributed by atoms with Gasteiger partial charge in [-0.15, -0.1) is 0 Å². The molecule has 2 N–H and O–H groups in total. The molecule has 1 saturated carbocycles. The molecule has 2 aromatic carbocycles. The Bertz CT molecular complexity index is 1290. The third-order valence-electron chi connectivity index (χ3n) is 5.56. The molecule has 1 aliphatic rings. The molecule has 1 aliphatic carbocycles. The maximum absolute atomic E-state index is 12.9. The molecule has 7 nitrogen and oxygen atoms in total. The second-order valence-electron chi connectivity index (χ2n) is 8.11. The Morgan fingerprint density at radius 2 is 1.82 bits per heavy atom. The summed E-state index contributed by atoms with van der Waals surface area (Å²) in [5.41, 5.74) is 3.63. The molecule has 0 spiro atoms. The molecule has 172 valence electrons. The number of nitrogens with zero attached hydrogens (tertiary/aromatic N) is 1. The third kappa shape index (κ3) is 5.15. The van der Waals surface area contributed by atoms with Crippen LogP contribution in [0.4, 0.5) is 0 Å². The summed E-state index contributed by atoms with van der Waals surface area (Å²) in [4.78, 5) is 24.0. The number of aryl methyl sites for hydroxylation is 1. The van der Waals surface area contributed by atoms with Gasteiger partial charge in [-0.1, -0.05) is 55.8 Å². The zero-order valence-electron chi connectivity index (χ0n) is 18.1. The number of benzene rings is 2. The molecule has 1 heterocycles. The van der Waals surface area contributed by atoms with E-state index in [1.54, 1.807) is 18.2 Å². The number of aromatic nitrogens is 1. The van der Waals surface area contributed by atoms with Crippen LogP contribution >= 0.6 is 11.5 Å². The molecule has 1 fully saturated rings. The van der Waals surface area contributed by atoms with Crippen molar-refractivity contribution in [3.63, 3.8) is 0 Å². The molecular formula is C24H24N2O5S2. The fraction of sp³-hybridized carbons (Fsp3) is 0.292. The van der Waals surface area contributed by atoms with Crippen LogP contribution in [0, 0.1) is 5.92 Å². The highest BCUT2D eigenvalue weighted by Gasteiger charge is 2.33. The van der Waals surface area contributed by atoms with E-state index < -0.39 is 21.9 Å². The highest BCUT2D eigenvalue weighted by Crippen LogP contribution is 2.32. The van der Waals surface area contributed by atoms with E-state index in [2.05, 4.69) is 9.10 Å². The Labute approximate surface area is 196 Å². The van der Waals surface area contributed by atoms with E-state index in [-0.39, 0.29) is 15.7 Å². The quantitative estimate of drug-likeness (QED) is 0.469. The van der Waals surface area contributed by atoms with E-state index in [4.69, 9.17) is 0 Å². The maximum Gasteiger partial charge on any atom is 0.347 e. The van der Waals surface area contributed by atoms with Crippen LogP contribution in [0.2, 0.25) is 0 Å². The van der Waals surface area contributed by atoms with Gasteiger partial charge in [0.2, 0.25) is 5.91 Å². The van der Waals surface area contributed by atoms with E-state index in [0.717, 1.165) is 41.2 Å². The number of rotatable bonds is 9. The van der Waals surface area contributed by atoms with Crippen molar-refractivity contribution >= 4 is 33.4 Å². The number of carbonyl (C=O) groups excluding carboxylic acids is 1. The van der Waals surface area contributed by atoms with Gasteiger partial charge in [0.25, 0.3) is 10.0 Å². The van der Waals surface area contributed by atoms with E-state index >= 15 is 0 Å². The Kier molecular flexibility index (Phi) is 6.62. The molecule has 4 rings (SSSR count). The predicted octanol–water partition coefficient (Wildman–Crippen LogP) is 4.27. The molecule has 3 aromatic rings. The van der Waals surface area contributed by atoms with Gasteiger partial charge in [0, 0.05) is 23.5 Å². The van der Waals surface area contributed by atoms with Crippen LogP contribution in [0.25, 0.3) is 11.1 Å². The van der Waals surface area contributed by atoms with Gasteiger partial charge in [-0.05, 0) is 48.0 Å². The summed E-state index contributed by atoms with van der Waals surface area (Å²) in [6, 6.07) is 13.9. The normalized spacial score (nSPS) is 13.6. The molecular weight excluding hydrogens is 460 g/mol. The van der Waals surface area contributed by atoms with Crippen molar-refractivity contribution in [3.05, 3.63) is 70.2 Å². The Hall–Kier alpha value is -3.04. The molecule has 9 heteroatoms. The second kappa shape index (κ2) is 9.44. The van der Waals surface area contributed by atoms with Crippen molar-refractivity contribution in [3.8, 4) is 11.1 Å². The summed E-state index contributed by atoms with van der Waals surface area (Å²) in [5.74, 6) is -1.65. The first-order chi connectivity index (χ1) is 15.8. The minimum Gasteiger partial charge on any atom is -0.477 e. The lowest BCUT2D eigenvalue weighted by atomic mass is 9.98. The Morgan fingerprint density at radius 3 is 2.45 bits per heavy atom. The molecule has 0 atom stereocenters. The van der Waals surface area contributed by atoms with Gasteiger partial charge >= 0.3 is 5.97 Å². The number of amides is 1. The summed E-state index contributed by atoms with van der Waals surface area (Å²) < 4.78 is 32.2. The second-order valence-corrected chi connectivity index (χ2v) is 10.5. The van der Waals surface area contributed by atoms with Crippen LogP contribution < -0.4 is 4.72 Å². The average molecular weight is 485 g/mol. The first-order valence-corrected chi connectivity index (χ1v) is 13.0. The highest BCUT2D eigenvalue weighted by molar-refractivity contribution is 7.90. The van der Waals surface area contributed by atoms with Crippen molar-refractivity contribution < 1.29 is 23.1 Å². The fourth-order valence-corrected chi connectivity index (χ4v) is 5.74. The maximum atomic E-state index is 12.9. The predicted molar refractivity (Wildman–Crippen MR) is 126 cm³/mol. The fourth-order valence-electron chi connectivity index (χ4n) is 3.69. The van der Waals surface area contributed by atoms with Gasteiger partial charge < -0.3 is 5.11 Å². The monoisotopic (exact) mass is 484 g/mol. The average Bonchev–Trinajstić information content (AvgIpc) is 3.57. The Morgan fingerprint density at radius 1 is 1.12 bits per heavy atom. The summed E-state index contributed by atoms with van der Waals surface area (Å²) >= 11 is 1.01. The molecule has 0 aliphatic heterocycles. The first kappa shape index (κ1) is 23.1. The lowest BCUT2D eigenvalue weighted by Gasteiger charge is -2.12.